The highest BCUT2D eigenvalue weighted by Gasteiger charge is 2.19. The Hall–Kier alpha value is -1.39. The van der Waals surface area contributed by atoms with Crippen molar-refractivity contribution in [1.82, 2.24) is 0 Å². The molecule has 4 heteroatoms. The Balaban J connectivity index is 2.45. The molecule has 0 amide bonds. The number of nitrogens with zero attached hydrogens (tertiary/aromatic N) is 1. The predicted octanol–water partition coefficient (Wildman–Crippen LogP) is 1.88. The summed E-state index contributed by atoms with van der Waals surface area (Å²) in [6, 6.07) is 7.77. The highest BCUT2D eigenvalue weighted by atomic mass is 32.1. The zero-order chi connectivity index (χ0) is 11.7. The van der Waals surface area contributed by atoms with Crippen molar-refractivity contribution in [2.24, 2.45) is 7.05 Å². The minimum atomic E-state index is -0.440. The zero-order valence-corrected chi connectivity index (χ0v) is 10.2. The Morgan fingerprint density at radius 2 is 2.19 bits per heavy atom. The SMILES string of the molecule is CC(O)c1sc(-c2cccc(N)c2)c[n+]1C. The van der Waals surface area contributed by atoms with E-state index in [0.717, 1.165) is 21.1 Å². The monoisotopic (exact) mass is 235 g/mol. The molecule has 16 heavy (non-hydrogen) atoms. The maximum absolute atomic E-state index is 9.58. The lowest BCUT2D eigenvalue weighted by Gasteiger charge is -1.96. The van der Waals surface area contributed by atoms with Crippen molar-refractivity contribution in [3.8, 4) is 10.4 Å². The number of aliphatic hydroxyl groups excluding tert-OH is 1. The number of thiazole rings is 1. The smallest absolute Gasteiger partial charge is 0.266 e. The predicted molar refractivity (Wildman–Crippen MR) is 66.0 cm³/mol. The number of aliphatic hydroxyl groups is 1. The lowest BCUT2D eigenvalue weighted by Crippen LogP contribution is -2.30. The first-order chi connectivity index (χ1) is 7.58. The minimum Gasteiger partial charge on any atom is -0.399 e. The molecule has 2 rings (SSSR count). The summed E-state index contributed by atoms with van der Waals surface area (Å²) in [5.74, 6) is 0. The van der Waals surface area contributed by atoms with Gasteiger partial charge in [0.05, 0.1) is 0 Å². The molecular formula is C12H15N2OS+. The molecule has 1 unspecified atom stereocenters. The Labute approximate surface area is 98.8 Å². The van der Waals surface area contributed by atoms with Crippen molar-refractivity contribution in [2.45, 2.75) is 13.0 Å². The number of aryl methyl sites for hydroxylation is 1. The van der Waals surface area contributed by atoms with Crippen molar-refractivity contribution < 1.29 is 9.67 Å². The molecule has 0 bridgehead atoms. The first kappa shape index (κ1) is 11.1. The average Bonchev–Trinajstić information content (AvgIpc) is 2.60. The number of benzene rings is 1. The molecule has 3 nitrogen and oxygen atoms in total. The molecule has 0 spiro atoms. The van der Waals surface area contributed by atoms with Crippen LogP contribution in [0.4, 0.5) is 5.69 Å². The van der Waals surface area contributed by atoms with Crippen LogP contribution in [-0.2, 0) is 7.05 Å². The van der Waals surface area contributed by atoms with Gasteiger partial charge in [-0.2, -0.15) is 4.57 Å². The van der Waals surface area contributed by atoms with E-state index in [1.54, 1.807) is 18.3 Å². The lowest BCUT2D eigenvalue weighted by molar-refractivity contribution is -0.676. The fourth-order valence-corrected chi connectivity index (χ4v) is 2.70. The van der Waals surface area contributed by atoms with Gasteiger partial charge >= 0.3 is 0 Å². The van der Waals surface area contributed by atoms with E-state index in [0.29, 0.717) is 0 Å². The molecular weight excluding hydrogens is 220 g/mol. The summed E-state index contributed by atoms with van der Waals surface area (Å²) in [5.41, 5.74) is 7.60. The van der Waals surface area contributed by atoms with Gasteiger partial charge in [0, 0.05) is 5.69 Å². The quantitative estimate of drug-likeness (QED) is 0.617. The molecule has 0 aliphatic heterocycles. The molecule has 0 aliphatic rings. The molecule has 0 saturated heterocycles. The molecule has 0 saturated carbocycles. The van der Waals surface area contributed by atoms with Gasteiger partial charge in [-0.3, -0.25) is 0 Å². The summed E-state index contributed by atoms with van der Waals surface area (Å²) in [6.45, 7) is 1.77. The second kappa shape index (κ2) is 4.23. The van der Waals surface area contributed by atoms with Crippen LogP contribution in [-0.4, -0.2) is 5.11 Å². The number of hydrogen-bond donors (Lipinski definition) is 2. The second-order valence-corrected chi connectivity index (χ2v) is 4.91. The molecule has 84 valence electrons. The Bertz CT molecular complexity index is 505. The number of nitrogen functional groups attached to an aromatic ring is 1. The minimum absolute atomic E-state index is 0.440. The normalized spacial score (nSPS) is 12.7. The van der Waals surface area contributed by atoms with E-state index in [4.69, 9.17) is 5.73 Å². The summed E-state index contributed by atoms with van der Waals surface area (Å²) in [4.78, 5) is 1.12. The number of hydrogen-bond acceptors (Lipinski definition) is 3. The largest absolute Gasteiger partial charge is 0.399 e. The van der Waals surface area contributed by atoms with Crippen LogP contribution in [0.25, 0.3) is 10.4 Å². The average molecular weight is 235 g/mol. The molecule has 3 N–H and O–H groups in total. The van der Waals surface area contributed by atoms with Gasteiger partial charge in [0.2, 0.25) is 0 Å². The number of nitrogens with two attached hydrogens (primary N) is 1. The highest BCUT2D eigenvalue weighted by molar-refractivity contribution is 7.14. The van der Waals surface area contributed by atoms with E-state index in [1.165, 1.54) is 0 Å². The van der Waals surface area contributed by atoms with Gasteiger partial charge in [0.15, 0.2) is 6.20 Å². The number of rotatable bonds is 2. The molecule has 1 aromatic heterocycles. The Kier molecular flexibility index (Phi) is 2.94. The van der Waals surface area contributed by atoms with Gasteiger partial charge in [-0.15, -0.1) is 0 Å². The standard InChI is InChI=1S/C12H15N2OS/c1-8(15)12-14(2)7-11(16-12)9-4-3-5-10(13)6-9/h3-8,15H,13H2,1-2H3/q+1. The summed E-state index contributed by atoms with van der Waals surface area (Å²) >= 11 is 1.59. The van der Waals surface area contributed by atoms with Crippen molar-refractivity contribution in [1.29, 1.82) is 0 Å². The maximum Gasteiger partial charge on any atom is 0.266 e. The zero-order valence-electron chi connectivity index (χ0n) is 9.34. The molecule has 0 fully saturated rings. The molecule has 1 heterocycles. The van der Waals surface area contributed by atoms with Crippen molar-refractivity contribution in [3.63, 3.8) is 0 Å². The van der Waals surface area contributed by atoms with Crippen LogP contribution in [0.3, 0.4) is 0 Å². The summed E-state index contributed by atoms with van der Waals surface area (Å²) in [6.07, 6.45) is 1.58. The van der Waals surface area contributed by atoms with Crippen LogP contribution in [0.2, 0.25) is 0 Å². The van der Waals surface area contributed by atoms with Crippen molar-refractivity contribution in [3.05, 3.63) is 35.5 Å². The van der Waals surface area contributed by atoms with Gasteiger partial charge < -0.3 is 10.8 Å². The molecule has 0 radical (unpaired) electrons. The van der Waals surface area contributed by atoms with Gasteiger partial charge in [0.25, 0.3) is 5.01 Å². The summed E-state index contributed by atoms with van der Waals surface area (Å²) in [5, 5.41) is 10.5. The van der Waals surface area contributed by atoms with E-state index in [9.17, 15) is 5.11 Å². The molecule has 0 aliphatic carbocycles. The first-order valence-corrected chi connectivity index (χ1v) is 5.93. The number of anilines is 1. The molecule has 1 aromatic carbocycles. The van der Waals surface area contributed by atoms with E-state index in [1.807, 2.05) is 42.1 Å². The maximum atomic E-state index is 9.58. The van der Waals surface area contributed by atoms with Crippen LogP contribution in [0, 0.1) is 0 Å². The van der Waals surface area contributed by atoms with Gasteiger partial charge in [-0.25, -0.2) is 0 Å². The van der Waals surface area contributed by atoms with Crippen LogP contribution in [0.15, 0.2) is 30.5 Å². The van der Waals surface area contributed by atoms with Gasteiger partial charge in [0.1, 0.15) is 18.0 Å². The summed E-state index contributed by atoms with van der Waals surface area (Å²) < 4.78 is 1.95. The highest BCUT2D eigenvalue weighted by Crippen LogP contribution is 2.28. The number of aromatic nitrogens is 1. The van der Waals surface area contributed by atoms with Crippen LogP contribution in [0.1, 0.15) is 18.0 Å². The third-order valence-electron chi connectivity index (χ3n) is 2.40. The molecule has 2 aromatic rings. The molecule has 1 atom stereocenters. The lowest BCUT2D eigenvalue weighted by atomic mass is 10.2. The van der Waals surface area contributed by atoms with E-state index in [2.05, 4.69) is 0 Å². The van der Waals surface area contributed by atoms with Gasteiger partial charge in [-0.1, -0.05) is 23.5 Å². The van der Waals surface area contributed by atoms with Crippen LogP contribution < -0.4 is 10.3 Å². The van der Waals surface area contributed by atoms with E-state index < -0.39 is 6.10 Å². The fourth-order valence-electron chi connectivity index (χ4n) is 1.66. The summed E-state index contributed by atoms with van der Waals surface area (Å²) in [7, 11) is 1.94. The second-order valence-electron chi connectivity index (χ2n) is 3.85. The van der Waals surface area contributed by atoms with E-state index in [-0.39, 0.29) is 0 Å². The third-order valence-corrected chi connectivity index (χ3v) is 3.80. The van der Waals surface area contributed by atoms with Crippen LogP contribution in [0.5, 0.6) is 0 Å². The Morgan fingerprint density at radius 1 is 1.44 bits per heavy atom. The fraction of sp³-hybridized carbons (Fsp3) is 0.250. The van der Waals surface area contributed by atoms with E-state index >= 15 is 0 Å². The topological polar surface area (TPSA) is 50.1 Å². The van der Waals surface area contributed by atoms with Crippen molar-refractivity contribution >= 4 is 17.0 Å². The first-order valence-electron chi connectivity index (χ1n) is 5.11. The van der Waals surface area contributed by atoms with Crippen LogP contribution >= 0.6 is 11.3 Å². The Morgan fingerprint density at radius 3 is 2.75 bits per heavy atom. The van der Waals surface area contributed by atoms with Gasteiger partial charge in [-0.05, 0) is 24.6 Å². The van der Waals surface area contributed by atoms with Crippen molar-refractivity contribution in [2.75, 3.05) is 5.73 Å². The third kappa shape index (κ3) is 2.08.